The summed E-state index contributed by atoms with van der Waals surface area (Å²) in [4.78, 5) is 26.2. The van der Waals surface area contributed by atoms with E-state index < -0.39 is 0 Å². The highest BCUT2D eigenvalue weighted by atomic mass is 16.2. The second-order valence-electron chi connectivity index (χ2n) is 5.35. The maximum Gasteiger partial charge on any atom is 0.245 e. The van der Waals surface area contributed by atoms with Crippen molar-refractivity contribution in [2.45, 2.75) is 58.5 Å². The topological polar surface area (TPSA) is 49.4 Å². The van der Waals surface area contributed by atoms with E-state index >= 15 is 0 Å². The van der Waals surface area contributed by atoms with Crippen LogP contribution in [-0.4, -0.2) is 35.3 Å². The highest BCUT2D eigenvalue weighted by molar-refractivity contribution is 5.97. The van der Waals surface area contributed by atoms with Gasteiger partial charge in [-0.3, -0.25) is 9.59 Å². The zero-order valence-electron chi connectivity index (χ0n) is 12.1. The molecule has 0 aromatic carbocycles. The molecule has 1 saturated heterocycles. The summed E-state index contributed by atoms with van der Waals surface area (Å²) in [5, 5.41) is 2.82. The van der Waals surface area contributed by atoms with E-state index in [2.05, 4.69) is 11.2 Å². The molecule has 0 spiro atoms. The minimum absolute atomic E-state index is 0.0293. The van der Waals surface area contributed by atoms with Crippen LogP contribution < -0.4 is 5.32 Å². The summed E-state index contributed by atoms with van der Waals surface area (Å²) in [6.07, 6.45) is 8.32. The Labute approximate surface area is 115 Å². The summed E-state index contributed by atoms with van der Waals surface area (Å²) in [5.74, 6) is 2.73. The summed E-state index contributed by atoms with van der Waals surface area (Å²) >= 11 is 0. The highest BCUT2D eigenvalue weighted by Crippen LogP contribution is 2.19. The SMILES string of the molecule is C#CCCCCN1C(=O)C(CC)NC(=O)C1C(C)C. The Balaban J connectivity index is 2.75. The van der Waals surface area contributed by atoms with Crippen molar-refractivity contribution in [1.29, 1.82) is 0 Å². The van der Waals surface area contributed by atoms with Gasteiger partial charge in [0.1, 0.15) is 12.1 Å². The molecule has 106 valence electrons. The summed E-state index contributed by atoms with van der Waals surface area (Å²) in [6, 6.07) is -0.712. The number of terminal acetylenes is 1. The second-order valence-corrected chi connectivity index (χ2v) is 5.35. The lowest BCUT2D eigenvalue weighted by molar-refractivity contribution is -0.151. The van der Waals surface area contributed by atoms with E-state index in [4.69, 9.17) is 6.42 Å². The lowest BCUT2D eigenvalue weighted by Crippen LogP contribution is -2.64. The van der Waals surface area contributed by atoms with Crippen molar-refractivity contribution in [3.05, 3.63) is 0 Å². The predicted molar refractivity (Wildman–Crippen MR) is 75.2 cm³/mol. The van der Waals surface area contributed by atoms with Crippen molar-refractivity contribution in [2.24, 2.45) is 5.92 Å². The largest absolute Gasteiger partial charge is 0.343 e. The zero-order valence-corrected chi connectivity index (χ0v) is 12.1. The van der Waals surface area contributed by atoms with Gasteiger partial charge in [0, 0.05) is 13.0 Å². The molecule has 2 amide bonds. The van der Waals surface area contributed by atoms with Gasteiger partial charge in [-0.05, 0) is 25.2 Å². The Morgan fingerprint density at radius 2 is 2.05 bits per heavy atom. The molecule has 2 unspecified atom stereocenters. The third kappa shape index (κ3) is 3.73. The maximum absolute atomic E-state index is 12.4. The smallest absolute Gasteiger partial charge is 0.245 e. The number of unbranched alkanes of at least 4 members (excludes halogenated alkanes) is 2. The number of carbonyl (C=O) groups excluding carboxylic acids is 2. The van der Waals surface area contributed by atoms with Crippen LogP contribution in [0.15, 0.2) is 0 Å². The monoisotopic (exact) mass is 264 g/mol. The normalized spacial score (nSPS) is 23.4. The van der Waals surface area contributed by atoms with Gasteiger partial charge in [0.2, 0.25) is 11.8 Å². The van der Waals surface area contributed by atoms with Crippen LogP contribution in [0.2, 0.25) is 0 Å². The number of amides is 2. The third-order valence-corrected chi connectivity index (χ3v) is 3.51. The molecule has 0 aromatic rings. The van der Waals surface area contributed by atoms with Crippen LogP contribution >= 0.6 is 0 Å². The molecule has 4 nitrogen and oxygen atoms in total. The average Bonchev–Trinajstić information content (AvgIpc) is 2.37. The van der Waals surface area contributed by atoms with Crippen LogP contribution in [0.1, 0.15) is 46.5 Å². The molecule has 1 heterocycles. The molecule has 1 aliphatic rings. The first-order valence-corrected chi connectivity index (χ1v) is 7.07. The lowest BCUT2D eigenvalue weighted by Gasteiger charge is -2.40. The quantitative estimate of drug-likeness (QED) is 0.584. The highest BCUT2D eigenvalue weighted by Gasteiger charge is 2.40. The van der Waals surface area contributed by atoms with Gasteiger partial charge < -0.3 is 10.2 Å². The number of rotatable bonds is 6. The van der Waals surface area contributed by atoms with Gasteiger partial charge in [0.15, 0.2) is 0 Å². The zero-order chi connectivity index (χ0) is 14.4. The summed E-state index contributed by atoms with van der Waals surface area (Å²) in [7, 11) is 0. The summed E-state index contributed by atoms with van der Waals surface area (Å²) in [5.41, 5.74) is 0. The van der Waals surface area contributed by atoms with E-state index in [1.165, 1.54) is 0 Å². The van der Waals surface area contributed by atoms with Gasteiger partial charge >= 0.3 is 0 Å². The van der Waals surface area contributed by atoms with Crippen LogP contribution in [0.5, 0.6) is 0 Å². The van der Waals surface area contributed by atoms with Crippen LogP contribution in [0.4, 0.5) is 0 Å². The fourth-order valence-electron chi connectivity index (χ4n) is 2.50. The predicted octanol–water partition coefficient (Wildman–Crippen LogP) is 1.55. The molecule has 1 fully saturated rings. The molecule has 0 radical (unpaired) electrons. The molecule has 19 heavy (non-hydrogen) atoms. The second kappa shape index (κ2) is 7.18. The number of hydrogen-bond donors (Lipinski definition) is 1. The summed E-state index contributed by atoms with van der Waals surface area (Å²) < 4.78 is 0. The van der Waals surface area contributed by atoms with Crippen LogP contribution in [-0.2, 0) is 9.59 Å². The van der Waals surface area contributed by atoms with Gasteiger partial charge in [-0.1, -0.05) is 20.8 Å². The van der Waals surface area contributed by atoms with Crippen molar-refractivity contribution < 1.29 is 9.59 Å². The number of carbonyl (C=O) groups is 2. The first-order chi connectivity index (χ1) is 9.02. The standard InChI is InChI=1S/C15H24N2O2/c1-5-7-8-9-10-17-13(11(3)4)14(18)16-12(6-2)15(17)19/h1,11-13H,6-10H2,2-4H3,(H,16,18). The Morgan fingerprint density at radius 1 is 1.37 bits per heavy atom. The minimum atomic E-state index is -0.366. The minimum Gasteiger partial charge on any atom is -0.343 e. The number of nitrogens with zero attached hydrogens (tertiary/aromatic N) is 1. The van der Waals surface area contributed by atoms with Crippen molar-refractivity contribution in [3.8, 4) is 12.3 Å². The number of piperazine rings is 1. The van der Waals surface area contributed by atoms with Gasteiger partial charge in [-0.25, -0.2) is 0 Å². The maximum atomic E-state index is 12.4. The van der Waals surface area contributed by atoms with Gasteiger partial charge in [-0.2, -0.15) is 0 Å². The van der Waals surface area contributed by atoms with E-state index in [-0.39, 0.29) is 29.8 Å². The molecule has 1 aliphatic heterocycles. The molecule has 2 atom stereocenters. The lowest BCUT2D eigenvalue weighted by atomic mass is 9.96. The first-order valence-electron chi connectivity index (χ1n) is 7.07. The van der Waals surface area contributed by atoms with Gasteiger partial charge in [0.25, 0.3) is 0 Å². The van der Waals surface area contributed by atoms with Gasteiger partial charge in [0.05, 0.1) is 0 Å². The summed E-state index contributed by atoms with van der Waals surface area (Å²) in [6.45, 7) is 6.47. The van der Waals surface area contributed by atoms with Crippen molar-refractivity contribution in [1.82, 2.24) is 10.2 Å². The number of nitrogens with one attached hydrogen (secondary N) is 1. The fraction of sp³-hybridized carbons (Fsp3) is 0.733. The molecule has 4 heteroatoms. The fourth-order valence-corrected chi connectivity index (χ4v) is 2.50. The van der Waals surface area contributed by atoms with E-state index in [1.54, 1.807) is 4.90 Å². The molecular formula is C15H24N2O2. The molecular weight excluding hydrogens is 240 g/mol. The van der Waals surface area contributed by atoms with Crippen LogP contribution in [0, 0.1) is 18.3 Å². The molecule has 0 aromatic heterocycles. The van der Waals surface area contributed by atoms with Crippen LogP contribution in [0.25, 0.3) is 0 Å². The molecule has 0 saturated carbocycles. The van der Waals surface area contributed by atoms with Crippen LogP contribution in [0.3, 0.4) is 0 Å². The van der Waals surface area contributed by atoms with Crippen molar-refractivity contribution >= 4 is 11.8 Å². The van der Waals surface area contributed by atoms with E-state index in [0.717, 1.165) is 19.3 Å². The molecule has 0 bridgehead atoms. The van der Waals surface area contributed by atoms with E-state index in [1.807, 2.05) is 20.8 Å². The Bertz CT molecular complexity index is 371. The number of hydrogen-bond acceptors (Lipinski definition) is 2. The Hall–Kier alpha value is -1.50. The van der Waals surface area contributed by atoms with E-state index in [9.17, 15) is 9.59 Å². The molecule has 1 N–H and O–H groups in total. The molecule has 1 rings (SSSR count). The Kier molecular flexibility index (Phi) is 5.88. The van der Waals surface area contributed by atoms with E-state index in [0.29, 0.717) is 13.0 Å². The molecule has 0 aliphatic carbocycles. The third-order valence-electron chi connectivity index (χ3n) is 3.51. The van der Waals surface area contributed by atoms with Crippen molar-refractivity contribution in [3.63, 3.8) is 0 Å². The van der Waals surface area contributed by atoms with Crippen molar-refractivity contribution in [2.75, 3.05) is 6.54 Å². The first kappa shape index (κ1) is 15.6. The average molecular weight is 264 g/mol. The van der Waals surface area contributed by atoms with Gasteiger partial charge in [-0.15, -0.1) is 12.3 Å². The Morgan fingerprint density at radius 3 is 2.58 bits per heavy atom.